The van der Waals surface area contributed by atoms with Crippen LogP contribution in [-0.2, 0) is 11.2 Å². The van der Waals surface area contributed by atoms with Crippen molar-refractivity contribution in [3.8, 4) is 5.75 Å². The lowest BCUT2D eigenvalue weighted by atomic mass is 10.1. The number of hydrogen-bond donors (Lipinski definition) is 1. The van der Waals surface area contributed by atoms with E-state index in [4.69, 9.17) is 4.74 Å². The maximum atomic E-state index is 13.1. The molecule has 1 aliphatic heterocycles. The number of carbonyl (C=O) groups is 2. The minimum atomic E-state index is -0.319. The van der Waals surface area contributed by atoms with Crippen LogP contribution < -0.4 is 10.1 Å². The van der Waals surface area contributed by atoms with Gasteiger partial charge in [-0.15, -0.1) is 0 Å². The van der Waals surface area contributed by atoms with Crippen LogP contribution >= 0.6 is 0 Å². The van der Waals surface area contributed by atoms with Gasteiger partial charge in [-0.2, -0.15) is 0 Å². The minimum absolute atomic E-state index is 0.00589. The largest absolute Gasteiger partial charge is 0.495 e. The molecule has 1 fully saturated rings. The Morgan fingerprint density at radius 1 is 1.18 bits per heavy atom. The SMILES string of the molecule is COc1ccccc1NC(=O)c1cnc(C2CCN(C(=O)Cc3ccc(F)cc3)C2)nc1C. The number of halogens is 1. The summed E-state index contributed by atoms with van der Waals surface area (Å²) in [6.45, 7) is 2.91. The van der Waals surface area contributed by atoms with Crippen LogP contribution in [0.3, 0.4) is 0 Å². The molecule has 8 heteroatoms. The van der Waals surface area contributed by atoms with Crippen molar-refractivity contribution in [1.82, 2.24) is 14.9 Å². The normalized spacial score (nSPS) is 15.4. The molecule has 0 aliphatic carbocycles. The van der Waals surface area contributed by atoms with Crippen molar-refractivity contribution in [2.45, 2.75) is 25.7 Å². The van der Waals surface area contributed by atoms with Crippen molar-refractivity contribution in [2.75, 3.05) is 25.5 Å². The van der Waals surface area contributed by atoms with E-state index in [0.29, 0.717) is 41.6 Å². The van der Waals surface area contributed by atoms with Crippen LogP contribution in [0.2, 0.25) is 0 Å². The van der Waals surface area contributed by atoms with E-state index < -0.39 is 0 Å². The molecule has 0 spiro atoms. The topological polar surface area (TPSA) is 84.4 Å². The molecule has 33 heavy (non-hydrogen) atoms. The molecule has 0 saturated carbocycles. The first-order chi connectivity index (χ1) is 15.9. The third-order valence-corrected chi connectivity index (χ3v) is 5.77. The number of nitrogens with one attached hydrogen (secondary N) is 1. The average Bonchev–Trinajstić information content (AvgIpc) is 3.31. The van der Waals surface area contributed by atoms with Crippen LogP contribution in [0, 0.1) is 12.7 Å². The zero-order valence-electron chi connectivity index (χ0n) is 18.5. The van der Waals surface area contributed by atoms with Gasteiger partial charge < -0.3 is 15.0 Å². The predicted octanol–water partition coefficient (Wildman–Crippen LogP) is 3.74. The highest BCUT2D eigenvalue weighted by Gasteiger charge is 2.29. The number of aromatic nitrogens is 2. The van der Waals surface area contributed by atoms with Crippen LogP contribution in [-0.4, -0.2) is 46.9 Å². The summed E-state index contributed by atoms with van der Waals surface area (Å²) in [6, 6.07) is 13.1. The summed E-state index contributed by atoms with van der Waals surface area (Å²) in [6.07, 6.45) is 2.52. The first-order valence-corrected chi connectivity index (χ1v) is 10.7. The van der Waals surface area contributed by atoms with Crippen LogP contribution in [0.1, 0.15) is 39.8 Å². The zero-order chi connectivity index (χ0) is 23.4. The Balaban J connectivity index is 1.40. The van der Waals surface area contributed by atoms with E-state index >= 15 is 0 Å². The quantitative estimate of drug-likeness (QED) is 0.621. The van der Waals surface area contributed by atoms with Crippen LogP contribution in [0.25, 0.3) is 0 Å². The molecule has 2 amide bonds. The fourth-order valence-electron chi connectivity index (χ4n) is 3.93. The summed E-state index contributed by atoms with van der Waals surface area (Å²) in [4.78, 5) is 36.2. The maximum absolute atomic E-state index is 13.1. The highest BCUT2D eigenvalue weighted by atomic mass is 19.1. The number of benzene rings is 2. The summed E-state index contributed by atoms with van der Waals surface area (Å²) < 4.78 is 18.4. The van der Waals surface area contributed by atoms with Gasteiger partial charge in [0.15, 0.2) is 0 Å². The Morgan fingerprint density at radius 2 is 1.94 bits per heavy atom. The number of aryl methyl sites for hydroxylation is 1. The number of ether oxygens (including phenoxy) is 1. The average molecular weight is 448 g/mol. The summed E-state index contributed by atoms with van der Waals surface area (Å²) in [5.41, 5.74) is 2.30. The van der Waals surface area contributed by atoms with Gasteiger partial charge in [0.25, 0.3) is 5.91 Å². The number of nitrogens with zero attached hydrogens (tertiary/aromatic N) is 3. The van der Waals surface area contributed by atoms with Gasteiger partial charge in [0.05, 0.1) is 30.5 Å². The van der Waals surface area contributed by atoms with E-state index in [-0.39, 0.29) is 30.0 Å². The Morgan fingerprint density at radius 3 is 2.67 bits per heavy atom. The summed E-state index contributed by atoms with van der Waals surface area (Å²) in [5.74, 6) is 0.558. The fourth-order valence-corrected chi connectivity index (χ4v) is 3.93. The molecule has 7 nitrogen and oxygen atoms in total. The number of anilines is 1. The van der Waals surface area contributed by atoms with Crippen LogP contribution in [0.15, 0.2) is 54.7 Å². The van der Waals surface area contributed by atoms with Crippen molar-refractivity contribution in [1.29, 1.82) is 0 Å². The van der Waals surface area contributed by atoms with E-state index in [1.807, 2.05) is 12.1 Å². The third kappa shape index (κ3) is 5.16. The van der Waals surface area contributed by atoms with Crippen LogP contribution in [0.5, 0.6) is 5.75 Å². The van der Waals surface area contributed by atoms with Gasteiger partial charge in [0.2, 0.25) is 5.91 Å². The standard InChI is InChI=1S/C25H25FN4O3/c1-16-20(25(32)29-21-5-3-4-6-22(21)33-2)14-27-24(28-16)18-11-12-30(15-18)23(31)13-17-7-9-19(26)10-8-17/h3-10,14,18H,11-13,15H2,1-2H3,(H,29,32). The van der Waals surface area contributed by atoms with Gasteiger partial charge in [-0.1, -0.05) is 24.3 Å². The molecule has 170 valence electrons. The van der Waals surface area contributed by atoms with Gasteiger partial charge >= 0.3 is 0 Å². The fraction of sp³-hybridized carbons (Fsp3) is 0.280. The molecule has 1 N–H and O–H groups in total. The lowest BCUT2D eigenvalue weighted by Gasteiger charge is -2.17. The highest BCUT2D eigenvalue weighted by Crippen LogP contribution is 2.27. The molecule has 1 saturated heterocycles. The molecular weight excluding hydrogens is 423 g/mol. The molecule has 1 atom stereocenters. The van der Waals surface area contributed by atoms with Crippen molar-refractivity contribution in [3.63, 3.8) is 0 Å². The number of hydrogen-bond acceptors (Lipinski definition) is 5. The van der Waals surface area contributed by atoms with Gasteiger partial charge in [0, 0.05) is 25.2 Å². The molecule has 2 aromatic carbocycles. The van der Waals surface area contributed by atoms with Gasteiger partial charge in [0.1, 0.15) is 17.4 Å². The molecule has 4 rings (SSSR count). The Hall–Kier alpha value is -3.81. The van der Waals surface area contributed by atoms with Crippen molar-refractivity contribution in [3.05, 3.63) is 83.2 Å². The second kappa shape index (κ2) is 9.77. The second-order valence-corrected chi connectivity index (χ2v) is 8.01. The Labute approximate surface area is 191 Å². The molecule has 3 aromatic rings. The smallest absolute Gasteiger partial charge is 0.259 e. The van der Waals surface area contributed by atoms with Crippen LogP contribution in [0.4, 0.5) is 10.1 Å². The van der Waals surface area contributed by atoms with Crippen molar-refractivity contribution < 1.29 is 18.7 Å². The number of methoxy groups -OCH3 is 1. The third-order valence-electron chi connectivity index (χ3n) is 5.77. The minimum Gasteiger partial charge on any atom is -0.495 e. The van der Waals surface area contributed by atoms with Gasteiger partial charge in [-0.3, -0.25) is 9.59 Å². The first kappa shape index (κ1) is 22.4. The Bertz CT molecular complexity index is 1170. The summed E-state index contributed by atoms with van der Waals surface area (Å²) in [7, 11) is 1.55. The maximum Gasteiger partial charge on any atom is 0.259 e. The molecule has 0 radical (unpaired) electrons. The number of para-hydroxylation sites is 2. The molecule has 2 heterocycles. The monoisotopic (exact) mass is 448 g/mol. The molecule has 0 bridgehead atoms. The van der Waals surface area contributed by atoms with E-state index in [1.54, 1.807) is 43.2 Å². The van der Waals surface area contributed by atoms with E-state index in [0.717, 1.165) is 12.0 Å². The van der Waals surface area contributed by atoms with Crippen molar-refractivity contribution >= 4 is 17.5 Å². The number of carbonyl (C=O) groups excluding carboxylic acids is 2. The molecule has 1 aliphatic rings. The molecule has 1 unspecified atom stereocenters. The van der Waals surface area contributed by atoms with E-state index in [9.17, 15) is 14.0 Å². The van der Waals surface area contributed by atoms with E-state index in [1.165, 1.54) is 18.3 Å². The van der Waals surface area contributed by atoms with Crippen molar-refractivity contribution in [2.24, 2.45) is 0 Å². The van der Waals surface area contributed by atoms with Gasteiger partial charge in [-0.05, 0) is 43.2 Å². The van der Waals surface area contributed by atoms with Gasteiger partial charge in [-0.25, -0.2) is 14.4 Å². The molecular formula is C25H25FN4O3. The number of rotatable bonds is 6. The lowest BCUT2D eigenvalue weighted by molar-refractivity contribution is -0.129. The summed E-state index contributed by atoms with van der Waals surface area (Å²) >= 11 is 0. The zero-order valence-corrected chi connectivity index (χ0v) is 18.5. The predicted molar refractivity (Wildman–Crippen MR) is 122 cm³/mol. The number of likely N-dealkylation sites (tertiary alicyclic amines) is 1. The first-order valence-electron chi connectivity index (χ1n) is 10.7. The van der Waals surface area contributed by atoms with E-state index in [2.05, 4.69) is 15.3 Å². The highest BCUT2D eigenvalue weighted by molar-refractivity contribution is 6.05. The summed E-state index contributed by atoms with van der Waals surface area (Å²) in [5, 5.41) is 2.84. The lowest BCUT2D eigenvalue weighted by Crippen LogP contribution is -2.30. The molecule has 1 aromatic heterocycles. The second-order valence-electron chi connectivity index (χ2n) is 8.01. The number of amides is 2. The Kier molecular flexibility index (Phi) is 6.63.